The lowest BCUT2D eigenvalue weighted by atomic mass is 9.73. The zero-order valence-corrected chi connectivity index (χ0v) is 25.3. The van der Waals surface area contributed by atoms with E-state index in [1.807, 2.05) is 4.90 Å². The van der Waals surface area contributed by atoms with Crippen molar-refractivity contribution in [1.82, 2.24) is 15.5 Å². The molecule has 0 radical (unpaired) electrons. The van der Waals surface area contributed by atoms with Crippen LogP contribution in [0.4, 0.5) is 35.1 Å². The minimum Gasteiger partial charge on any atom is -0.351 e. The van der Waals surface area contributed by atoms with Crippen LogP contribution in [-0.2, 0) is 31.5 Å². The Kier molecular flexibility index (Phi) is 8.34. The van der Waals surface area contributed by atoms with E-state index in [9.17, 15) is 43.9 Å². The summed E-state index contributed by atoms with van der Waals surface area (Å²) in [4.78, 5) is 15.3. The molecule has 3 aliphatic rings. The molecule has 2 aromatic carbocycles. The Morgan fingerprint density at radius 1 is 0.933 bits per heavy atom. The zero-order chi connectivity index (χ0) is 33.2. The van der Waals surface area contributed by atoms with Gasteiger partial charge in [-0.1, -0.05) is 18.2 Å². The fourth-order valence-corrected chi connectivity index (χ4v) is 9.74. The van der Waals surface area contributed by atoms with Gasteiger partial charge in [0, 0.05) is 43.7 Å². The van der Waals surface area contributed by atoms with E-state index in [1.54, 1.807) is 13.8 Å². The van der Waals surface area contributed by atoms with E-state index in [2.05, 4.69) is 10.6 Å². The van der Waals surface area contributed by atoms with Gasteiger partial charge in [0.15, 0.2) is 9.84 Å². The van der Waals surface area contributed by atoms with E-state index in [4.69, 9.17) is 0 Å². The van der Waals surface area contributed by atoms with Crippen LogP contribution in [0.3, 0.4) is 0 Å². The average Bonchev–Trinajstić information content (AvgIpc) is 3.36. The van der Waals surface area contributed by atoms with Gasteiger partial charge in [-0.05, 0) is 74.9 Å². The number of piperazine rings is 1. The molecule has 3 atom stereocenters. The van der Waals surface area contributed by atoms with Gasteiger partial charge in [0.25, 0.3) is 0 Å². The van der Waals surface area contributed by atoms with Crippen molar-refractivity contribution >= 4 is 15.7 Å². The number of hydrogen-bond donors (Lipinski definition) is 2. The minimum absolute atomic E-state index is 0.0345. The molecule has 6 nitrogen and oxygen atoms in total. The number of nitrogens with zero attached hydrogens (tertiary/aromatic N) is 1. The first kappa shape index (κ1) is 33.6. The predicted molar refractivity (Wildman–Crippen MR) is 148 cm³/mol. The smallest absolute Gasteiger partial charge is 0.351 e. The Morgan fingerprint density at radius 3 is 2.11 bits per heavy atom. The fraction of sp³-hybridized carbons (Fsp3) is 0.567. The quantitative estimate of drug-likeness (QED) is 0.323. The van der Waals surface area contributed by atoms with Gasteiger partial charge in [-0.15, -0.1) is 0 Å². The molecule has 1 saturated carbocycles. The normalized spacial score (nSPS) is 25.0. The first-order chi connectivity index (χ1) is 20.8. The highest BCUT2D eigenvalue weighted by molar-refractivity contribution is 7.92. The summed E-state index contributed by atoms with van der Waals surface area (Å²) in [6.45, 7) is 6.02. The van der Waals surface area contributed by atoms with Crippen LogP contribution in [-0.4, -0.2) is 69.3 Å². The van der Waals surface area contributed by atoms with Crippen molar-refractivity contribution in [3.63, 3.8) is 0 Å². The lowest BCUT2D eigenvalue weighted by Crippen LogP contribution is -2.61. The standard InChI is InChI=1S/C30H33F8N3O3S/c1-26(2,41-15-13-39-14-16-41)25(42)40-24-11-12-27(45(43,44)21-7-5-20(31)6-8-21)22-10-4-19(17-18(22)3-9-23(24)27)28(32,29(33,34)35)30(36,37)38/h4-8,10,17,23-24,39H,3,9,11-16H2,1-2H3,(H,40,42)/t23-,24+,27+/m0/s1. The number of rotatable bonds is 6. The molecule has 1 aliphatic heterocycles. The number of nitrogens with one attached hydrogen (secondary N) is 2. The van der Waals surface area contributed by atoms with Crippen LogP contribution in [0, 0.1) is 11.7 Å². The SMILES string of the molecule is CC(C)(C(=O)N[C@@H]1CC[C@@]2(S(=O)(=O)c3ccc(F)cc3)c3ccc(C(F)(C(F)(F)F)C(F)(F)F)cc3CC[C@@H]12)N1CCNCC1. The number of sulfone groups is 1. The summed E-state index contributed by atoms with van der Waals surface area (Å²) in [7, 11) is -4.50. The lowest BCUT2D eigenvalue weighted by Gasteiger charge is -2.44. The highest BCUT2D eigenvalue weighted by atomic mass is 32.2. The molecule has 2 aliphatic carbocycles. The number of hydrogen-bond acceptors (Lipinski definition) is 5. The second-order valence-electron chi connectivity index (χ2n) is 12.4. The summed E-state index contributed by atoms with van der Waals surface area (Å²) < 4.78 is 137. The molecule has 2 N–H and O–H groups in total. The summed E-state index contributed by atoms with van der Waals surface area (Å²) in [5, 5.41) is 6.20. The molecule has 0 unspecified atom stereocenters. The third kappa shape index (κ3) is 5.22. The Labute approximate surface area is 255 Å². The molecule has 15 heteroatoms. The summed E-state index contributed by atoms with van der Waals surface area (Å²) in [5.74, 6) is -1.92. The van der Waals surface area contributed by atoms with Gasteiger partial charge < -0.3 is 10.6 Å². The highest BCUT2D eigenvalue weighted by Gasteiger charge is 2.74. The maximum absolute atomic E-state index is 15.0. The van der Waals surface area contributed by atoms with E-state index in [1.165, 1.54) is 0 Å². The molecule has 0 spiro atoms. The number of carbonyl (C=O) groups is 1. The van der Waals surface area contributed by atoms with Crippen molar-refractivity contribution in [2.45, 2.75) is 78.8 Å². The molecule has 45 heavy (non-hydrogen) atoms. The maximum Gasteiger partial charge on any atom is 0.435 e. The number of aryl methyl sites for hydroxylation is 1. The average molecular weight is 668 g/mol. The van der Waals surface area contributed by atoms with Crippen molar-refractivity contribution in [3.8, 4) is 0 Å². The third-order valence-corrected chi connectivity index (χ3v) is 12.3. The first-order valence-corrected chi connectivity index (χ1v) is 16.0. The molecular weight excluding hydrogens is 634 g/mol. The first-order valence-electron chi connectivity index (χ1n) is 14.5. The van der Waals surface area contributed by atoms with E-state index < -0.39 is 61.5 Å². The number of benzene rings is 2. The lowest BCUT2D eigenvalue weighted by molar-refractivity contribution is -0.348. The summed E-state index contributed by atoms with van der Waals surface area (Å²) in [6, 6.07) is 4.85. The van der Waals surface area contributed by atoms with Gasteiger partial charge in [0.05, 0.1) is 10.4 Å². The molecule has 248 valence electrons. The van der Waals surface area contributed by atoms with Crippen molar-refractivity contribution in [3.05, 3.63) is 65.0 Å². The molecule has 2 aromatic rings. The van der Waals surface area contributed by atoms with Gasteiger partial charge in [-0.2, -0.15) is 26.3 Å². The summed E-state index contributed by atoms with van der Waals surface area (Å²) >= 11 is 0. The molecule has 5 rings (SSSR count). The highest BCUT2D eigenvalue weighted by Crippen LogP contribution is 2.59. The largest absolute Gasteiger partial charge is 0.435 e. The molecule has 1 heterocycles. The van der Waals surface area contributed by atoms with Crippen molar-refractivity contribution in [1.29, 1.82) is 0 Å². The summed E-state index contributed by atoms with van der Waals surface area (Å²) in [6.07, 6.45) is -12.9. The van der Waals surface area contributed by atoms with Crippen LogP contribution in [0.5, 0.6) is 0 Å². The Balaban J connectivity index is 1.61. The topological polar surface area (TPSA) is 78.5 Å². The van der Waals surface area contributed by atoms with Crippen LogP contribution < -0.4 is 10.6 Å². The number of amides is 1. The van der Waals surface area contributed by atoms with Crippen LogP contribution in [0.15, 0.2) is 47.4 Å². The summed E-state index contributed by atoms with van der Waals surface area (Å²) in [5.41, 5.74) is -8.58. The molecule has 1 amide bonds. The van der Waals surface area contributed by atoms with Crippen molar-refractivity contribution in [2.75, 3.05) is 26.2 Å². The van der Waals surface area contributed by atoms with Crippen LogP contribution in [0.1, 0.15) is 49.8 Å². The van der Waals surface area contributed by atoms with Crippen molar-refractivity contribution in [2.24, 2.45) is 5.92 Å². The van der Waals surface area contributed by atoms with Gasteiger partial charge in [0.1, 0.15) is 10.6 Å². The van der Waals surface area contributed by atoms with E-state index in [-0.39, 0.29) is 47.6 Å². The fourth-order valence-electron chi connectivity index (χ4n) is 7.26. The Morgan fingerprint density at radius 2 is 1.53 bits per heavy atom. The molecule has 0 bridgehead atoms. The molecule has 0 aromatic heterocycles. The Hall–Kier alpha value is -2.78. The van der Waals surface area contributed by atoms with Crippen molar-refractivity contribution < 1.29 is 48.3 Å². The molecular formula is C30H33F8N3O3S. The third-order valence-electron chi connectivity index (χ3n) is 9.76. The maximum atomic E-state index is 15.0. The monoisotopic (exact) mass is 667 g/mol. The van der Waals surface area contributed by atoms with E-state index >= 15 is 4.39 Å². The molecule has 1 saturated heterocycles. The number of carbonyl (C=O) groups excluding carboxylic acids is 1. The second kappa shape index (κ2) is 11.2. The Bertz CT molecular complexity index is 1540. The number of halogens is 8. The van der Waals surface area contributed by atoms with Gasteiger partial charge in [-0.3, -0.25) is 9.69 Å². The van der Waals surface area contributed by atoms with Gasteiger partial charge in [0.2, 0.25) is 5.91 Å². The van der Waals surface area contributed by atoms with Crippen LogP contribution >= 0.6 is 0 Å². The van der Waals surface area contributed by atoms with E-state index in [0.29, 0.717) is 38.3 Å². The number of alkyl halides is 7. The van der Waals surface area contributed by atoms with E-state index in [0.717, 1.165) is 30.3 Å². The minimum atomic E-state index is -6.34. The second-order valence-corrected chi connectivity index (χ2v) is 14.6. The van der Waals surface area contributed by atoms with Crippen LogP contribution in [0.25, 0.3) is 0 Å². The van der Waals surface area contributed by atoms with Gasteiger partial charge >= 0.3 is 18.0 Å². The predicted octanol–water partition coefficient (Wildman–Crippen LogP) is 5.31. The molecule has 2 fully saturated rings. The number of fused-ring (bicyclic) bond motifs is 3. The zero-order valence-electron chi connectivity index (χ0n) is 24.5. The van der Waals surface area contributed by atoms with Gasteiger partial charge in [-0.25, -0.2) is 17.2 Å². The van der Waals surface area contributed by atoms with Crippen LogP contribution in [0.2, 0.25) is 0 Å².